The lowest BCUT2D eigenvalue weighted by Crippen LogP contribution is -2.51. The van der Waals surface area contributed by atoms with Crippen molar-refractivity contribution >= 4 is 17.3 Å². The maximum Gasteiger partial charge on any atom is 0.323 e. The third-order valence-electron chi connectivity index (χ3n) is 4.28. The van der Waals surface area contributed by atoms with E-state index in [-0.39, 0.29) is 5.41 Å². The van der Waals surface area contributed by atoms with Gasteiger partial charge in [-0.25, -0.2) is 0 Å². The van der Waals surface area contributed by atoms with Gasteiger partial charge >= 0.3 is 5.97 Å². The Hall–Kier alpha value is -0.870. The molecule has 0 saturated heterocycles. The van der Waals surface area contributed by atoms with Crippen LogP contribution in [0.15, 0.2) is 17.5 Å². The molecule has 1 aromatic rings. The van der Waals surface area contributed by atoms with E-state index in [1.165, 1.54) is 4.88 Å². The minimum atomic E-state index is -0.738. The van der Waals surface area contributed by atoms with Crippen molar-refractivity contribution in [2.45, 2.75) is 58.0 Å². The molecule has 0 bridgehead atoms. The third-order valence-corrected chi connectivity index (χ3v) is 5.15. The minimum Gasteiger partial charge on any atom is -0.480 e. The zero-order valence-corrected chi connectivity index (χ0v) is 12.6. The summed E-state index contributed by atoms with van der Waals surface area (Å²) in [5.41, 5.74) is -0.473. The van der Waals surface area contributed by atoms with Crippen molar-refractivity contribution in [3.05, 3.63) is 22.4 Å². The first-order valence-electron chi connectivity index (χ1n) is 6.94. The van der Waals surface area contributed by atoms with Gasteiger partial charge in [0.15, 0.2) is 0 Å². The first-order chi connectivity index (χ1) is 8.94. The van der Waals surface area contributed by atoms with Crippen LogP contribution in [0.25, 0.3) is 0 Å². The smallest absolute Gasteiger partial charge is 0.323 e. The van der Waals surface area contributed by atoms with Crippen LogP contribution in [-0.4, -0.2) is 16.6 Å². The predicted molar refractivity (Wildman–Crippen MR) is 78.4 cm³/mol. The Morgan fingerprint density at radius 2 is 2.16 bits per heavy atom. The summed E-state index contributed by atoms with van der Waals surface area (Å²) in [7, 11) is 0. The average molecular weight is 281 g/mol. The van der Waals surface area contributed by atoms with Crippen LogP contribution < -0.4 is 5.32 Å². The van der Waals surface area contributed by atoms with Gasteiger partial charge in [-0.1, -0.05) is 26.3 Å². The van der Waals surface area contributed by atoms with E-state index < -0.39 is 11.5 Å². The number of carboxylic acids is 1. The zero-order valence-electron chi connectivity index (χ0n) is 11.7. The maximum atomic E-state index is 11.7. The lowest BCUT2D eigenvalue weighted by molar-refractivity contribution is -0.145. The summed E-state index contributed by atoms with van der Waals surface area (Å²) < 4.78 is 0. The fourth-order valence-electron chi connectivity index (χ4n) is 2.81. The fraction of sp³-hybridized carbons (Fsp3) is 0.667. The fourth-order valence-corrected chi connectivity index (χ4v) is 3.45. The Labute approximate surface area is 119 Å². The van der Waals surface area contributed by atoms with Crippen LogP contribution in [0.5, 0.6) is 0 Å². The SMILES string of the molecule is CC1(C)CCCC(NCc2cccs2)(C(=O)O)CC1. The number of carbonyl (C=O) groups is 1. The second kappa shape index (κ2) is 5.63. The highest BCUT2D eigenvalue weighted by Crippen LogP contribution is 2.38. The molecule has 2 rings (SSSR count). The molecule has 1 aliphatic carbocycles. The zero-order chi connectivity index (χ0) is 13.9. The summed E-state index contributed by atoms with van der Waals surface area (Å²) in [4.78, 5) is 12.9. The van der Waals surface area contributed by atoms with Crippen molar-refractivity contribution in [3.63, 3.8) is 0 Å². The maximum absolute atomic E-state index is 11.7. The van der Waals surface area contributed by atoms with Crippen molar-refractivity contribution in [2.75, 3.05) is 0 Å². The van der Waals surface area contributed by atoms with Crippen LogP contribution in [0.4, 0.5) is 0 Å². The van der Waals surface area contributed by atoms with E-state index in [0.29, 0.717) is 6.54 Å². The molecule has 3 nitrogen and oxygen atoms in total. The van der Waals surface area contributed by atoms with Crippen LogP contribution in [-0.2, 0) is 11.3 Å². The van der Waals surface area contributed by atoms with Crippen LogP contribution in [0.3, 0.4) is 0 Å². The van der Waals surface area contributed by atoms with Gasteiger partial charge < -0.3 is 5.11 Å². The van der Waals surface area contributed by atoms with Gasteiger partial charge in [0.1, 0.15) is 5.54 Å². The molecule has 106 valence electrons. The molecule has 1 heterocycles. The molecule has 0 aromatic carbocycles. The molecule has 1 saturated carbocycles. The molecule has 0 radical (unpaired) electrons. The van der Waals surface area contributed by atoms with E-state index in [4.69, 9.17) is 0 Å². The third kappa shape index (κ3) is 3.57. The molecule has 0 amide bonds. The van der Waals surface area contributed by atoms with Gasteiger partial charge in [-0.15, -0.1) is 11.3 Å². The van der Waals surface area contributed by atoms with E-state index in [1.807, 2.05) is 17.5 Å². The highest BCUT2D eigenvalue weighted by Gasteiger charge is 2.41. The number of hydrogen-bond donors (Lipinski definition) is 2. The molecule has 1 aromatic heterocycles. The molecule has 2 N–H and O–H groups in total. The Kier molecular flexibility index (Phi) is 4.31. The van der Waals surface area contributed by atoms with E-state index in [2.05, 4.69) is 19.2 Å². The Bertz CT molecular complexity index is 427. The van der Waals surface area contributed by atoms with Gasteiger partial charge in [0.25, 0.3) is 0 Å². The Balaban J connectivity index is 2.07. The molecule has 19 heavy (non-hydrogen) atoms. The second-order valence-corrected chi connectivity index (χ2v) is 7.37. The van der Waals surface area contributed by atoms with Crippen LogP contribution in [0.2, 0.25) is 0 Å². The number of thiophene rings is 1. The molecule has 1 atom stereocenters. The van der Waals surface area contributed by atoms with Gasteiger partial charge in [0.2, 0.25) is 0 Å². The topological polar surface area (TPSA) is 49.3 Å². The lowest BCUT2D eigenvalue weighted by Gasteiger charge is -2.30. The lowest BCUT2D eigenvalue weighted by atomic mass is 9.83. The Morgan fingerprint density at radius 3 is 2.79 bits per heavy atom. The van der Waals surface area contributed by atoms with Gasteiger partial charge in [-0.3, -0.25) is 10.1 Å². The van der Waals surface area contributed by atoms with E-state index in [0.717, 1.165) is 32.1 Å². The normalized spacial score (nSPS) is 26.8. The summed E-state index contributed by atoms with van der Waals surface area (Å²) in [5.74, 6) is -0.693. The van der Waals surface area contributed by atoms with Crippen LogP contribution in [0, 0.1) is 5.41 Å². The molecular formula is C15H23NO2S. The van der Waals surface area contributed by atoms with E-state index >= 15 is 0 Å². The predicted octanol–water partition coefficient (Wildman–Crippen LogP) is 3.65. The molecule has 1 aliphatic rings. The standard InChI is InChI=1S/C15H23NO2S/c1-14(2)6-4-7-15(9-8-14,13(17)18)16-11-12-5-3-10-19-12/h3,5,10,16H,4,6-9,11H2,1-2H3,(H,17,18). The summed E-state index contributed by atoms with van der Waals surface area (Å²) >= 11 is 1.67. The highest BCUT2D eigenvalue weighted by atomic mass is 32.1. The number of hydrogen-bond acceptors (Lipinski definition) is 3. The van der Waals surface area contributed by atoms with Crippen molar-refractivity contribution < 1.29 is 9.90 Å². The van der Waals surface area contributed by atoms with Gasteiger partial charge in [-0.2, -0.15) is 0 Å². The summed E-state index contributed by atoms with van der Waals surface area (Å²) in [6.07, 6.45) is 4.52. The first kappa shape index (κ1) is 14.5. The number of rotatable bonds is 4. The number of carboxylic acid groups (broad SMARTS) is 1. The molecule has 0 spiro atoms. The van der Waals surface area contributed by atoms with Crippen LogP contribution in [0.1, 0.15) is 50.8 Å². The first-order valence-corrected chi connectivity index (χ1v) is 7.82. The van der Waals surface area contributed by atoms with Gasteiger partial charge in [0, 0.05) is 11.4 Å². The van der Waals surface area contributed by atoms with Crippen LogP contribution >= 0.6 is 11.3 Å². The highest BCUT2D eigenvalue weighted by molar-refractivity contribution is 7.09. The van der Waals surface area contributed by atoms with Crippen molar-refractivity contribution in [3.8, 4) is 0 Å². The molecule has 1 unspecified atom stereocenters. The van der Waals surface area contributed by atoms with Gasteiger partial charge in [-0.05, 0) is 42.5 Å². The molecular weight excluding hydrogens is 258 g/mol. The molecule has 1 fully saturated rings. The largest absolute Gasteiger partial charge is 0.480 e. The van der Waals surface area contributed by atoms with E-state index in [9.17, 15) is 9.90 Å². The monoisotopic (exact) mass is 281 g/mol. The summed E-state index contributed by atoms with van der Waals surface area (Å²) in [6, 6.07) is 4.05. The van der Waals surface area contributed by atoms with Crippen molar-refractivity contribution in [1.29, 1.82) is 0 Å². The second-order valence-electron chi connectivity index (χ2n) is 6.34. The quantitative estimate of drug-likeness (QED) is 0.828. The number of aliphatic carboxylic acids is 1. The Morgan fingerprint density at radius 1 is 1.37 bits per heavy atom. The summed E-state index contributed by atoms with van der Waals surface area (Å²) in [5, 5.41) is 15.0. The average Bonchev–Trinajstić information content (AvgIpc) is 2.79. The molecule has 4 heteroatoms. The van der Waals surface area contributed by atoms with Crippen molar-refractivity contribution in [2.24, 2.45) is 5.41 Å². The van der Waals surface area contributed by atoms with E-state index in [1.54, 1.807) is 11.3 Å². The van der Waals surface area contributed by atoms with Gasteiger partial charge in [0.05, 0.1) is 0 Å². The summed E-state index contributed by atoms with van der Waals surface area (Å²) in [6.45, 7) is 5.14. The minimum absolute atomic E-state index is 0.266. The molecule has 0 aliphatic heterocycles. The van der Waals surface area contributed by atoms with Crippen molar-refractivity contribution in [1.82, 2.24) is 5.32 Å². The number of nitrogens with one attached hydrogen (secondary N) is 1.